The van der Waals surface area contributed by atoms with Gasteiger partial charge in [0.05, 0.1) is 11.3 Å². The Bertz CT molecular complexity index is 339. The van der Waals surface area contributed by atoms with Gasteiger partial charge in [0, 0.05) is 25.3 Å². The van der Waals surface area contributed by atoms with Crippen LogP contribution in [0.4, 0.5) is 0 Å². The first-order valence-corrected chi connectivity index (χ1v) is 6.06. The fraction of sp³-hybridized carbons (Fsp3) is 0.769. The van der Waals surface area contributed by atoms with Crippen LogP contribution in [0.2, 0.25) is 0 Å². The van der Waals surface area contributed by atoms with E-state index in [1.807, 2.05) is 13.8 Å². The summed E-state index contributed by atoms with van der Waals surface area (Å²) >= 11 is 0. The maximum atomic E-state index is 5.42. The minimum Gasteiger partial charge on any atom is -0.379 e. The third-order valence-electron chi connectivity index (χ3n) is 3.16. The van der Waals surface area contributed by atoms with E-state index >= 15 is 0 Å². The van der Waals surface area contributed by atoms with Gasteiger partial charge in [-0.05, 0) is 41.0 Å². The van der Waals surface area contributed by atoms with Crippen LogP contribution < -0.4 is 5.32 Å². The molecular formula is C13H24N2O2. The van der Waals surface area contributed by atoms with Crippen LogP contribution in [0.3, 0.4) is 0 Å². The molecular weight excluding hydrogens is 216 g/mol. The van der Waals surface area contributed by atoms with Gasteiger partial charge in [-0.15, -0.1) is 0 Å². The second kappa shape index (κ2) is 5.65. The molecule has 4 nitrogen and oxygen atoms in total. The highest BCUT2D eigenvalue weighted by Crippen LogP contribution is 2.17. The summed E-state index contributed by atoms with van der Waals surface area (Å²) in [6, 6.07) is 0.388. The second-order valence-corrected chi connectivity index (χ2v) is 5.25. The lowest BCUT2D eigenvalue weighted by atomic mass is 9.99. The van der Waals surface area contributed by atoms with Crippen molar-refractivity contribution < 1.29 is 9.26 Å². The van der Waals surface area contributed by atoms with Crippen LogP contribution >= 0.6 is 0 Å². The van der Waals surface area contributed by atoms with Crippen LogP contribution in [0.25, 0.3) is 0 Å². The number of aromatic nitrogens is 1. The first kappa shape index (κ1) is 14.2. The predicted molar refractivity (Wildman–Crippen MR) is 68.0 cm³/mol. The first-order valence-electron chi connectivity index (χ1n) is 6.06. The average molecular weight is 240 g/mol. The number of nitrogens with zero attached hydrogens (tertiary/aromatic N) is 1. The van der Waals surface area contributed by atoms with Crippen molar-refractivity contribution in [3.8, 4) is 0 Å². The van der Waals surface area contributed by atoms with Gasteiger partial charge in [0.25, 0.3) is 0 Å². The molecule has 0 aliphatic heterocycles. The van der Waals surface area contributed by atoms with Crippen molar-refractivity contribution >= 4 is 0 Å². The Labute approximate surface area is 104 Å². The van der Waals surface area contributed by atoms with Gasteiger partial charge in [-0.1, -0.05) is 5.16 Å². The van der Waals surface area contributed by atoms with Gasteiger partial charge in [0.2, 0.25) is 0 Å². The summed E-state index contributed by atoms with van der Waals surface area (Å²) in [4.78, 5) is 0. The van der Waals surface area contributed by atoms with E-state index in [0.717, 1.165) is 30.0 Å². The fourth-order valence-corrected chi connectivity index (χ4v) is 1.92. The molecule has 4 heteroatoms. The topological polar surface area (TPSA) is 47.3 Å². The molecule has 0 bridgehead atoms. The van der Waals surface area contributed by atoms with E-state index in [9.17, 15) is 0 Å². The second-order valence-electron chi connectivity index (χ2n) is 5.25. The quantitative estimate of drug-likeness (QED) is 0.830. The van der Waals surface area contributed by atoms with E-state index in [1.54, 1.807) is 7.11 Å². The van der Waals surface area contributed by atoms with Crippen LogP contribution in [0, 0.1) is 13.8 Å². The normalized spacial score (nSPS) is 14.0. The van der Waals surface area contributed by atoms with Crippen molar-refractivity contribution in [1.29, 1.82) is 0 Å². The SMILES string of the molecule is COC(C)(C)CC(C)NCc1c(C)noc1C. The Balaban J connectivity index is 2.46. The van der Waals surface area contributed by atoms with Crippen LogP contribution in [0.1, 0.15) is 44.2 Å². The Morgan fingerprint density at radius 2 is 2.06 bits per heavy atom. The maximum absolute atomic E-state index is 5.42. The summed E-state index contributed by atoms with van der Waals surface area (Å²) in [6.45, 7) is 11.1. The van der Waals surface area contributed by atoms with Crippen molar-refractivity contribution in [2.24, 2.45) is 0 Å². The number of rotatable bonds is 6. The zero-order valence-electron chi connectivity index (χ0n) is 11.8. The van der Waals surface area contributed by atoms with Crippen LogP contribution in [-0.2, 0) is 11.3 Å². The molecule has 0 amide bonds. The van der Waals surface area contributed by atoms with Crippen molar-refractivity contribution in [1.82, 2.24) is 10.5 Å². The number of nitrogens with one attached hydrogen (secondary N) is 1. The molecule has 0 saturated carbocycles. The largest absolute Gasteiger partial charge is 0.379 e. The van der Waals surface area contributed by atoms with Crippen molar-refractivity contribution in [3.63, 3.8) is 0 Å². The summed E-state index contributed by atoms with van der Waals surface area (Å²) in [5.41, 5.74) is 2.03. The Morgan fingerprint density at radius 3 is 2.53 bits per heavy atom. The van der Waals surface area contributed by atoms with Gasteiger partial charge in [0.15, 0.2) is 0 Å². The molecule has 1 unspecified atom stereocenters. The molecule has 0 spiro atoms. The molecule has 17 heavy (non-hydrogen) atoms. The van der Waals surface area contributed by atoms with Gasteiger partial charge < -0.3 is 14.6 Å². The van der Waals surface area contributed by atoms with Gasteiger partial charge in [-0.25, -0.2) is 0 Å². The smallest absolute Gasteiger partial charge is 0.138 e. The Hall–Kier alpha value is -0.870. The standard InChI is InChI=1S/C13H24N2O2/c1-9(7-13(4,5)16-6)14-8-12-10(2)15-17-11(12)3/h9,14H,7-8H2,1-6H3. The monoisotopic (exact) mass is 240 g/mol. The molecule has 0 radical (unpaired) electrons. The van der Waals surface area contributed by atoms with Gasteiger partial charge in [-0.3, -0.25) is 0 Å². The predicted octanol–water partition coefficient (Wildman–Crippen LogP) is 2.58. The van der Waals surface area contributed by atoms with Crippen molar-refractivity contribution in [2.45, 2.75) is 59.2 Å². The Morgan fingerprint density at radius 1 is 1.41 bits per heavy atom. The lowest BCUT2D eigenvalue weighted by molar-refractivity contribution is 0.00844. The highest BCUT2D eigenvalue weighted by molar-refractivity contribution is 5.20. The number of methoxy groups -OCH3 is 1. The van der Waals surface area contributed by atoms with Gasteiger partial charge >= 0.3 is 0 Å². The average Bonchev–Trinajstić information content (AvgIpc) is 2.55. The third kappa shape index (κ3) is 4.13. The summed E-state index contributed by atoms with van der Waals surface area (Å²) < 4.78 is 10.6. The van der Waals surface area contributed by atoms with Crippen molar-refractivity contribution in [3.05, 3.63) is 17.0 Å². The highest BCUT2D eigenvalue weighted by Gasteiger charge is 2.20. The lowest BCUT2D eigenvalue weighted by Crippen LogP contribution is -2.35. The lowest BCUT2D eigenvalue weighted by Gasteiger charge is -2.27. The van der Waals surface area contributed by atoms with E-state index in [1.165, 1.54) is 0 Å². The molecule has 0 aliphatic carbocycles. The van der Waals surface area contributed by atoms with E-state index in [-0.39, 0.29) is 5.60 Å². The first-order chi connectivity index (χ1) is 7.85. The zero-order valence-corrected chi connectivity index (χ0v) is 11.8. The zero-order chi connectivity index (χ0) is 13.1. The minimum absolute atomic E-state index is 0.0921. The number of ether oxygens (including phenoxy) is 1. The Kier molecular flexibility index (Phi) is 4.71. The summed E-state index contributed by atoms with van der Waals surface area (Å²) in [5.74, 6) is 0.896. The maximum Gasteiger partial charge on any atom is 0.138 e. The number of hydrogen-bond donors (Lipinski definition) is 1. The molecule has 1 aromatic heterocycles. The van der Waals surface area contributed by atoms with Crippen LogP contribution in [-0.4, -0.2) is 23.9 Å². The van der Waals surface area contributed by atoms with E-state index in [2.05, 4.69) is 31.2 Å². The fourth-order valence-electron chi connectivity index (χ4n) is 1.92. The molecule has 1 atom stereocenters. The molecule has 1 N–H and O–H groups in total. The van der Waals surface area contributed by atoms with Crippen LogP contribution in [0.5, 0.6) is 0 Å². The van der Waals surface area contributed by atoms with Crippen molar-refractivity contribution in [2.75, 3.05) is 7.11 Å². The molecule has 1 rings (SSSR count). The van der Waals surface area contributed by atoms with Gasteiger partial charge in [-0.2, -0.15) is 0 Å². The summed E-state index contributed by atoms with van der Waals surface area (Å²) in [6.07, 6.45) is 0.965. The molecule has 1 aromatic rings. The van der Waals surface area contributed by atoms with E-state index < -0.39 is 0 Å². The third-order valence-corrected chi connectivity index (χ3v) is 3.16. The molecule has 98 valence electrons. The summed E-state index contributed by atoms with van der Waals surface area (Å²) in [5, 5.41) is 7.42. The van der Waals surface area contributed by atoms with Gasteiger partial charge in [0.1, 0.15) is 5.76 Å². The number of aryl methyl sites for hydroxylation is 2. The molecule has 0 fully saturated rings. The summed E-state index contributed by atoms with van der Waals surface area (Å²) in [7, 11) is 1.75. The molecule has 0 aromatic carbocycles. The molecule has 0 aliphatic rings. The molecule has 1 heterocycles. The van der Waals surface area contributed by atoms with E-state index in [4.69, 9.17) is 9.26 Å². The number of hydrogen-bond acceptors (Lipinski definition) is 4. The van der Waals surface area contributed by atoms with Crippen LogP contribution in [0.15, 0.2) is 4.52 Å². The molecule has 0 saturated heterocycles. The van der Waals surface area contributed by atoms with E-state index in [0.29, 0.717) is 6.04 Å². The highest BCUT2D eigenvalue weighted by atomic mass is 16.5. The minimum atomic E-state index is -0.0921.